The van der Waals surface area contributed by atoms with Crippen LogP contribution in [-0.4, -0.2) is 49.8 Å². The van der Waals surface area contributed by atoms with Crippen LogP contribution < -0.4 is 5.32 Å². The minimum absolute atomic E-state index is 0.131. The van der Waals surface area contributed by atoms with Crippen LogP contribution in [0.1, 0.15) is 54.3 Å². The van der Waals surface area contributed by atoms with Gasteiger partial charge >= 0.3 is 11.9 Å². The molecule has 0 unspecified atom stereocenters. The molecule has 0 spiro atoms. The smallest absolute Gasteiger partial charge is 0.348 e. The number of H-pyrrole nitrogens is 1. The van der Waals surface area contributed by atoms with Gasteiger partial charge in [-0.3, -0.25) is 4.79 Å². The van der Waals surface area contributed by atoms with Gasteiger partial charge in [0.15, 0.2) is 0 Å². The quantitative estimate of drug-likeness (QED) is 0.513. The predicted octanol–water partition coefficient (Wildman–Crippen LogP) is 3.23. The summed E-state index contributed by atoms with van der Waals surface area (Å²) in [6.07, 6.45) is 0. The second kappa shape index (κ2) is 9.52. The summed E-state index contributed by atoms with van der Waals surface area (Å²) in [5.41, 5.74) is 2.35. The van der Waals surface area contributed by atoms with E-state index in [0.717, 1.165) is 16.9 Å². The highest BCUT2D eigenvalue weighted by Crippen LogP contribution is 2.28. The third-order valence-corrected chi connectivity index (χ3v) is 5.14. The van der Waals surface area contributed by atoms with Gasteiger partial charge in [0.1, 0.15) is 17.2 Å². The first-order valence-corrected chi connectivity index (χ1v) is 9.55. The molecule has 0 aromatic carbocycles. The molecule has 9 heteroatoms. The van der Waals surface area contributed by atoms with Crippen LogP contribution in [0.25, 0.3) is 0 Å². The minimum atomic E-state index is -0.515. The normalized spacial score (nSPS) is 10.6. The zero-order valence-corrected chi connectivity index (χ0v) is 17.4. The molecule has 28 heavy (non-hydrogen) atoms. The van der Waals surface area contributed by atoms with Crippen LogP contribution >= 0.6 is 11.3 Å². The third kappa shape index (κ3) is 4.79. The van der Waals surface area contributed by atoms with E-state index in [-0.39, 0.29) is 18.9 Å². The largest absolute Gasteiger partial charge is 0.462 e. The highest BCUT2D eigenvalue weighted by Gasteiger charge is 2.24. The molecule has 0 radical (unpaired) electrons. The van der Waals surface area contributed by atoms with E-state index in [1.807, 2.05) is 0 Å². The van der Waals surface area contributed by atoms with Crippen LogP contribution in [0.4, 0.5) is 5.00 Å². The van der Waals surface area contributed by atoms with Gasteiger partial charge in [-0.25, -0.2) is 9.59 Å². The number of aryl methyl sites for hydroxylation is 2. The van der Waals surface area contributed by atoms with Gasteiger partial charge in [-0.15, -0.1) is 11.3 Å². The maximum atomic E-state index is 12.7. The Hall–Kier alpha value is -2.65. The third-order valence-electron chi connectivity index (χ3n) is 4.00. The molecule has 2 aromatic rings. The Kier molecular flexibility index (Phi) is 7.36. The molecule has 2 N–H and O–H groups in total. The summed E-state index contributed by atoms with van der Waals surface area (Å²) in [5, 5.41) is 3.27. The fourth-order valence-corrected chi connectivity index (χ4v) is 3.65. The summed E-state index contributed by atoms with van der Waals surface area (Å²) in [7, 11) is 1.52. The number of ether oxygens (including phenoxy) is 3. The highest BCUT2D eigenvalue weighted by atomic mass is 32.1. The number of carbonyl (C=O) groups excluding carboxylic acids is 3. The zero-order valence-electron chi connectivity index (χ0n) is 16.6. The van der Waals surface area contributed by atoms with Crippen molar-refractivity contribution < 1.29 is 28.6 Å². The molecule has 1 amide bonds. The van der Waals surface area contributed by atoms with Gasteiger partial charge in [-0.05, 0) is 44.9 Å². The van der Waals surface area contributed by atoms with Crippen molar-refractivity contribution in [3.8, 4) is 0 Å². The number of hydrogen-bond donors (Lipinski definition) is 2. The van der Waals surface area contributed by atoms with Crippen molar-refractivity contribution in [1.82, 2.24) is 4.98 Å². The average Bonchev–Trinajstić information content (AvgIpc) is 3.14. The molecule has 0 fully saturated rings. The maximum absolute atomic E-state index is 12.7. The van der Waals surface area contributed by atoms with Crippen LogP contribution in [0.2, 0.25) is 0 Å². The fraction of sp³-hybridized carbons (Fsp3) is 0.421. The monoisotopic (exact) mass is 408 g/mol. The number of aromatic amines is 1. The van der Waals surface area contributed by atoms with Crippen molar-refractivity contribution in [1.29, 1.82) is 0 Å². The van der Waals surface area contributed by atoms with Crippen molar-refractivity contribution in [2.45, 2.75) is 27.7 Å². The molecular weight excluding hydrogens is 384 g/mol. The highest BCUT2D eigenvalue weighted by molar-refractivity contribution is 7.18. The summed E-state index contributed by atoms with van der Waals surface area (Å²) >= 11 is 1.14. The summed E-state index contributed by atoms with van der Waals surface area (Å²) in [5.74, 6) is -1.34. The molecule has 2 aromatic heterocycles. The van der Waals surface area contributed by atoms with Crippen molar-refractivity contribution in [2.24, 2.45) is 0 Å². The maximum Gasteiger partial charge on any atom is 0.348 e. The molecule has 0 saturated heterocycles. The number of thiophene rings is 1. The number of esters is 2. The molecule has 8 nitrogen and oxygen atoms in total. The molecule has 0 bridgehead atoms. The number of nitrogens with one attached hydrogen (secondary N) is 2. The molecule has 0 atom stereocenters. The second-order valence-corrected chi connectivity index (χ2v) is 7.10. The van der Waals surface area contributed by atoms with E-state index < -0.39 is 17.8 Å². The Morgan fingerprint density at radius 3 is 2.46 bits per heavy atom. The standard InChI is InChI=1S/C19H24N2O6S/c1-6-26-19(24)16-10(2)9-13(28-16)21-17(22)15-11(3)14(12(4)20-15)18(23)27-8-7-25-5/h9,20H,6-8H2,1-5H3,(H,21,22). The van der Waals surface area contributed by atoms with Gasteiger partial charge < -0.3 is 24.5 Å². The Balaban J connectivity index is 2.17. The van der Waals surface area contributed by atoms with E-state index in [2.05, 4.69) is 10.3 Å². The van der Waals surface area contributed by atoms with Crippen molar-refractivity contribution in [2.75, 3.05) is 32.2 Å². The lowest BCUT2D eigenvalue weighted by atomic mass is 10.1. The van der Waals surface area contributed by atoms with Crippen LogP contribution in [0.5, 0.6) is 0 Å². The average molecular weight is 408 g/mol. The molecule has 0 aliphatic rings. The van der Waals surface area contributed by atoms with Crippen LogP contribution in [0.3, 0.4) is 0 Å². The van der Waals surface area contributed by atoms with Crippen LogP contribution in [0.15, 0.2) is 6.07 Å². The molecule has 0 saturated carbocycles. The first kappa shape index (κ1) is 21.6. The van der Waals surface area contributed by atoms with E-state index in [1.54, 1.807) is 33.8 Å². The summed E-state index contributed by atoms with van der Waals surface area (Å²) in [6, 6.07) is 1.71. The van der Waals surface area contributed by atoms with Gasteiger partial charge in [-0.2, -0.15) is 0 Å². The molecule has 0 aliphatic heterocycles. The number of carbonyl (C=O) groups is 3. The van der Waals surface area contributed by atoms with E-state index >= 15 is 0 Å². The van der Waals surface area contributed by atoms with Crippen molar-refractivity contribution >= 4 is 34.2 Å². The number of aromatic nitrogens is 1. The van der Waals surface area contributed by atoms with Gasteiger partial charge in [0.2, 0.25) is 0 Å². The van der Waals surface area contributed by atoms with E-state index in [0.29, 0.717) is 33.3 Å². The molecule has 2 heterocycles. The number of hydrogen-bond acceptors (Lipinski definition) is 7. The Bertz CT molecular complexity index is 883. The predicted molar refractivity (Wildman–Crippen MR) is 105 cm³/mol. The van der Waals surface area contributed by atoms with E-state index in [9.17, 15) is 14.4 Å². The lowest BCUT2D eigenvalue weighted by Crippen LogP contribution is -2.14. The lowest BCUT2D eigenvalue weighted by molar-refractivity contribution is 0.0386. The number of anilines is 1. The lowest BCUT2D eigenvalue weighted by Gasteiger charge is -2.05. The SMILES string of the molecule is CCOC(=O)c1sc(NC(=O)c2[nH]c(C)c(C(=O)OCCOC)c2C)cc1C. The van der Waals surface area contributed by atoms with E-state index in [1.165, 1.54) is 7.11 Å². The number of amides is 1. The van der Waals surface area contributed by atoms with E-state index in [4.69, 9.17) is 14.2 Å². The first-order chi connectivity index (χ1) is 13.3. The molecular formula is C19H24N2O6S. The van der Waals surface area contributed by atoms with Gasteiger partial charge in [0, 0.05) is 12.8 Å². The summed E-state index contributed by atoms with van der Waals surface area (Å²) in [6.45, 7) is 7.59. The fourth-order valence-electron chi connectivity index (χ4n) is 2.69. The second-order valence-electron chi connectivity index (χ2n) is 6.05. The van der Waals surface area contributed by atoms with Crippen LogP contribution in [0, 0.1) is 20.8 Å². The minimum Gasteiger partial charge on any atom is -0.462 e. The first-order valence-electron chi connectivity index (χ1n) is 8.74. The summed E-state index contributed by atoms with van der Waals surface area (Å²) in [4.78, 5) is 40.2. The topological polar surface area (TPSA) is 107 Å². The summed E-state index contributed by atoms with van der Waals surface area (Å²) < 4.78 is 15.0. The number of methoxy groups -OCH3 is 1. The Morgan fingerprint density at radius 1 is 1.11 bits per heavy atom. The van der Waals surface area contributed by atoms with Crippen LogP contribution in [-0.2, 0) is 14.2 Å². The van der Waals surface area contributed by atoms with Gasteiger partial charge in [0.25, 0.3) is 5.91 Å². The van der Waals surface area contributed by atoms with Gasteiger partial charge in [0.05, 0.1) is 23.8 Å². The van der Waals surface area contributed by atoms with Gasteiger partial charge in [-0.1, -0.05) is 0 Å². The molecule has 2 rings (SSSR count). The molecule has 152 valence electrons. The Labute approximate surface area is 167 Å². The number of rotatable bonds is 8. The zero-order chi connectivity index (χ0) is 20.8. The van der Waals surface area contributed by atoms with Crippen molar-refractivity contribution in [3.63, 3.8) is 0 Å². The van der Waals surface area contributed by atoms with Crippen molar-refractivity contribution in [3.05, 3.63) is 39.0 Å². The molecule has 0 aliphatic carbocycles. The Morgan fingerprint density at radius 2 is 1.82 bits per heavy atom.